The van der Waals surface area contributed by atoms with Crippen molar-refractivity contribution in [1.82, 2.24) is 40.8 Å². The lowest BCUT2D eigenvalue weighted by Crippen LogP contribution is -2.51. The zero-order valence-corrected chi connectivity index (χ0v) is 34.6. The lowest BCUT2D eigenvalue weighted by molar-refractivity contribution is -0.135. The molecule has 3 aromatic carbocycles. The van der Waals surface area contributed by atoms with Gasteiger partial charge in [0.1, 0.15) is 17.7 Å². The Bertz CT molecular complexity index is 2100. The number of ether oxygens (including phenoxy) is 3. The molecule has 15 heteroatoms. The molecule has 58 heavy (non-hydrogen) atoms. The Morgan fingerprint density at radius 3 is 2.31 bits per heavy atom. The predicted molar refractivity (Wildman–Crippen MR) is 225 cm³/mol. The summed E-state index contributed by atoms with van der Waals surface area (Å²) in [5, 5.41) is 10.6. The molecule has 15 nitrogen and oxygen atoms in total. The summed E-state index contributed by atoms with van der Waals surface area (Å²) in [5.74, 6) is 1.32. The number of alkyl carbamates (subject to hydrolysis) is 1. The van der Waals surface area contributed by atoms with Crippen molar-refractivity contribution >= 4 is 46.2 Å². The van der Waals surface area contributed by atoms with Crippen LogP contribution in [0.3, 0.4) is 0 Å². The number of likely N-dealkylation sites (N-methyl/N-ethyl adjacent to an activating group) is 1. The normalized spacial score (nSPS) is 13.9. The van der Waals surface area contributed by atoms with Gasteiger partial charge in [-0.05, 0) is 72.0 Å². The number of carbonyl (C=O) groups is 4. The van der Waals surface area contributed by atoms with Crippen LogP contribution in [0.4, 0.5) is 4.79 Å². The number of fused-ring (bicyclic) bond motifs is 2. The van der Waals surface area contributed by atoms with E-state index in [1.165, 1.54) is 20.6 Å². The average molecular weight is 799 g/mol. The largest absolute Gasteiger partial charge is 0.471 e. The van der Waals surface area contributed by atoms with E-state index < -0.39 is 12.1 Å². The minimum Gasteiger partial charge on any atom is -0.471 e. The first-order chi connectivity index (χ1) is 28.1. The Labute approximate surface area is 340 Å². The van der Waals surface area contributed by atoms with E-state index in [-0.39, 0.29) is 23.8 Å². The maximum absolute atomic E-state index is 13.6. The van der Waals surface area contributed by atoms with E-state index in [1.54, 1.807) is 7.05 Å². The molecule has 3 heterocycles. The van der Waals surface area contributed by atoms with Crippen LogP contribution in [0, 0.1) is 5.92 Å². The van der Waals surface area contributed by atoms with Gasteiger partial charge in [0.05, 0.1) is 62.9 Å². The second-order valence-electron chi connectivity index (χ2n) is 14.2. The maximum atomic E-state index is 13.6. The molecule has 0 aliphatic carbocycles. The number of H-pyrrole nitrogens is 2. The zero-order chi connectivity index (χ0) is 42.0. The third kappa shape index (κ3) is 12.3. The number of hydrogen-bond acceptors (Lipinski definition) is 10. The molecule has 0 bridgehead atoms. The summed E-state index contributed by atoms with van der Waals surface area (Å²) < 4.78 is 14.3. The number of hydrogen-bond donors (Lipinski definition) is 5. The van der Waals surface area contributed by atoms with E-state index in [0.717, 1.165) is 68.7 Å². The Kier molecular flexibility index (Phi) is 17.7. The lowest BCUT2D eigenvalue weighted by atomic mass is 9.99. The monoisotopic (exact) mass is 798 g/mol. The molecule has 3 amide bonds. The molecule has 0 spiro atoms. The van der Waals surface area contributed by atoms with Gasteiger partial charge in [0.15, 0.2) is 0 Å². The molecule has 5 aromatic rings. The van der Waals surface area contributed by atoms with E-state index >= 15 is 0 Å². The fourth-order valence-corrected chi connectivity index (χ4v) is 6.55. The van der Waals surface area contributed by atoms with Crippen molar-refractivity contribution in [3.8, 4) is 22.4 Å². The minimum absolute atomic E-state index is 0.0508. The van der Waals surface area contributed by atoms with Gasteiger partial charge in [-0.15, -0.1) is 0 Å². The molecule has 1 fully saturated rings. The molecule has 1 aliphatic heterocycles. The van der Waals surface area contributed by atoms with E-state index in [2.05, 4.69) is 98.0 Å². The predicted octanol–water partition coefficient (Wildman–Crippen LogP) is 5.92. The van der Waals surface area contributed by atoms with Gasteiger partial charge in [0.2, 0.25) is 11.8 Å². The molecule has 6 rings (SSSR count). The van der Waals surface area contributed by atoms with Gasteiger partial charge in [-0.2, -0.15) is 0 Å². The first-order valence-electron chi connectivity index (χ1n) is 19.8. The Balaban J connectivity index is 0.000000987. The first-order valence-corrected chi connectivity index (χ1v) is 19.8. The van der Waals surface area contributed by atoms with Gasteiger partial charge in [0, 0.05) is 25.1 Å². The Hall–Kier alpha value is -5.80. The molecule has 1 saturated heterocycles. The number of nitrogens with one attached hydrogen (secondary N) is 5. The summed E-state index contributed by atoms with van der Waals surface area (Å²) in [6.07, 6.45) is 4.78. The third-order valence-electron chi connectivity index (χ3n) is 9.34. The van der Waals surface area contributed by atoms with Crippen LogP contribution in [0.15, 0.2) is 60.8 Å². The second-order valence-corrected chi connectivity index (χ2v) is 14.2. The topological polar surface area (TPSA) is 193 Å². The van der Waals surface area contributed by atoms with Gasteiger partial charge in [-0.1, -0.05) is 64.4 Å². The first kappa shape index (κ1) is 44.9. The number of carbonyl (C=O) groups excluding carboxylic acids is 4. The molecule has 0 saturated carbocycles. The molecule has 0 radical (unpaired) electrons. The highest BCUT2D eigenvalue weighted by molar-refractivity contribution is 5.92. The van der Waals surface area contributed by atoms with Gasteiger partial charge in [-0.25, -0.2) is 14.8 Å². The number of methoxy groups -OCH3 is 2. The Morgan fingerprint density at radius 1 is 0.966 bits per heavy atom. The van der Waals surface area contributed by atoms with Gasteiger partial charge in [-0.3, -0.25) is 14.4 Å². The van der Waals surface area contributed by atoms with Crippen LogP contribution in [-0.2, 0) is 35.0 Å². The minimum atomic E-state index is -0.679. The molecule has 2 aromatic heterocycles. The number of amides is 3. The molecule has 2 atom stereocenters. The van der Waals surface area contributed by atoms with Gasteiger partial charge >= 0.3 is 6.09 Å². The standard InChI is InChI=1S/C38H46N8O5.C3H8.C2H4O2/c1-23(2)35(45-38(49)50-4)37(48)46-15-5-6-32(46)36-43-29-12-11-27(20-30(29)44-36)25-7-8-26-19-28(10-9-24(26)18-25)31-21-41-33(42-31)13-16-51-17-14-40-34(47)22-39-3;1-3-2;1-4-2-3/h7-12,18-21,23,32,35,39H,5-6,13-17,22H2,1-4H3,(H,40,47)(H,41,42)(H,43,44)(H,45,49);3H2,1-2H3;2H,1H3. The van der Waals surface area contributed by atoms with Crippen LogP contribution < -0.4 is 16.0 Å². The van der Waals surface area contributed by atoms with Crippen molar-refractivity contribution in [2.75, 3.05) is 54.1 Å². The van der Waals surface area contributed by atoms with E-state index in [9.17, 15) is 14.4 Å². The highest BCUT2D eigenvalue weighted by Gasteiger charge is 2.37. The summed E-state index contributed by atoms with van der Waals surface area (Å²) >= 11 is 0. The summed E-state index contributed by atoms with van der Waals surface area (Å²) in [7, 11) is 4.34. The molecule has 2 unspecified atom stereocenters. The quantitative estimate of drug-likeness (QED) is 0.0628. The van der Waals surface area contributed by atoms with Crippen molar-refractivity contribution < 1.29 is 33.4 Å². The van der Waals surface area contributed by atoms with Crippen molar-refractivity contribution in [3.63, 3.8) is 0 Å². The van der Waals surface area contributed by atoms with Crippen molar-refractivity contribution in [2.24, 2.45) is 5.92 Å². The lowest BCUT2D eigenvalue weighted by Gasteiger charge is -2.29. The van der Waals surface area contributed by atoms with Crippen LogP contribution in [-0.4, -0.2) is 109 Å². The zero-order valence-electron chi connectivity index (χ0n) is 34.6. The maximum Gasteiger partial charge on any atom is 0.407 e. The number of nitrogens with zero attached hydrogens (tertiary/aromatic N) is 3. The number of imidazole rings is 2. The SMILES string of the molecule is CCC.CNCC(=O)NCCOCCc1ncc(-c2ccc3cc(-c4ccc5nc(C6CCCN6C(=O)C(NC(=O)OC)C(C)C)[nH]c5c4)ccc3c2)[nH]1.COC=O. The highest BCUT2D eigenvalue weighted by atomic mass is 16.5. The van der Waals surface area contributed by atoms with E-state index in [0.29, 0.717) is 45.7 Å². The van der Waals surface area contributed by atoms with E-state index in [4.69, 9.17) is 19.3 Å². The third-order valence-corrected chi connectivity index (χ3v) is 9.34. The van der Waals surface area contributed by atoms with Crippen LogP contribution >= 0.6 is 0 Å². The van der Waals surface area contributed by atoms with Gasteiger partial charge < -0.3 is 45.0 Å². The number of benzene rings is 3. The average Bonchev–Trinajstić information content (AvgIpc) is 4.01. The summed E-state index contributed by atoms with van der Waals surface area (Å²) in [6.45, 7) is 10.8. The summed E-state index contributed by atoms with van der Waals surface area (Å²) in [6, 6.07) is 18.1. The second kappa shape index (κ2) is 22.8. The fourth-order valence-electron chi connectivity index (χ4n) is 6.55. The number of aromatic nitrogens is 4. The molecule has 312 valence electrons. The number of rotatable bonds is 15. The molecule has 5 N–H and O–H groups in total. The number of aromatic amines is 2. The van der Waals surface area contributed by atoms with Crippen molar-refractivity contribution in [2.45, 2.75) is 65.5 Å². The van der Waals surface area contributed by atoms with E-state index in [1.807, 2.05) is 31.0 Å². The molecular formula is C43H58N8O7. The Morgan fingerprint density at radius 2 is 1.64 bits per heavy atom. The summed E-state index contributed by atoms with van der Waals surface area (Å²) in [5.41, 5.74) is 5.88. The number of likely N-dealkylation sites (tertiary alicyclic amines) is 1. The molecular weight excluding hydrogens is 741 g/mol. The van der Waals surface area contributed by atoms with Crippen LogP contribution in [0.1, 0.15) is 64.6 Å². The van der Waals surface area contributed by atoms with Crippen molar-refractivity contribution in [3.05, 3.63) is 72.4 Å². The van der Waals surface area contributed by atoms with Gasteiger partial charge in [0.25, 0.3) is 6.47 Å². The fraction of sp³-hybridized carbons (Fsp3) is 0.442. The van der Waals surface area contributed by atoms with Crippen LogP contribution in [0.25, 0.3) is 44.2 Å². The molecule has 1 aliphatic rings. The van der Waals surface area contributed by atoms with Crippen LogP contribution in [0.5, 0.6) is 0 Å². The smallest absolute Gasteiger partial charge is 0.407 e. The summed E-state index contributed by atoms with van der Waals surface area (Å²) in [4.78, 5) is 64.1. The highest BCUT2D eigenvalue weighted by Crippen LogP contribution is 2.34. The van der Waals surface area contributed by atoms with Crippen LogP contribution in [0.2, 0.25) is 0 Å². The van der Waals surface area contributed by atoms with Crippen molar-refractivity contribution in [1.29, 1.82) is 0 Å².